The molecule has 36 heavy (non-hydrogen) atoms. The Labute approximate surface area is 220 Å². The van der Waals surface area contributed by atoms with Gasteiger partial charge in [0.2, 0.25) is 0 Å². The van der Waals surface area contributed by atoms with E-state index in [0.717, 1.165) is 49.7 Å². The van der Waals surface area contributed by atoms with E-state index in [1.165, 1.54) is 11.1 Å². The standard InChI is InChI=1S/2C16H26O2/c2*1-9(2)8-13-14-11(5)6-7-12(10(3)4)15(14)16(17)18-13/h2*10,12-17H,1,5-8H2,2-4H3/t2*12-,13-,14-,15-,16-/m10/s1. The fourth-order valence-electron chi connectivity index (χ4n) is 7.60. The van der Waals surface area contributed by atoms with E-state index in [9.17, 15) is 10.2 Å². The molecule has 4 nitrogen and oxygen atoms in total. The van der Waals surface area contributed by atoms with Gasteiger partial charge in [-0.15, -0.1) is 13.2 Å². The predicted molar refractivity (Wildman–Crippen MR) is 148 cm³/mol. The summed E-state index contributed by atoms with van der Waals surface area (Å²) in [5.41, 5.74) is 4.76. The van der Waals surface area contributed by atoms with Crippen LogP contribution in [0, 0.1) is 47.3 Å². The molecule has 0 aromatic heterocycles. The molecule has 0 aromatic rings. The van der Waals surface area contributed by atoms with Crippen molar-refractivity contribution in [1.82, 2.24) is 0 Å². The minimum atomic E-state index is -0.621. The number of ether oxygens (including phenoxy) is 2. The zero-order valence-corrected chi connectivity index (χ0v) is 23.7. The quantitative estimate of drug-likeness (QED) is 0.384. The molecular formula is C32H52O4. The van der Waals surface area contributed by atoms with Gasteiger partial charge in [-0.25, -0.2) is 0 Å². The van der Waals surface area contributed by atoms with Gasteiger partial charge in [0.05, 0.1) is 12.2 Å². The van der Waals surface area contributed by atoms with E-state index in [4.69, 9.17) is 9.47 Å². The molecule has 0 bridgehead atoms. The lowest BCUT2D eigenvalue weighted by Crippen LogP contribution is -2.37. The fraction of sp³-hybridized carbons (Fsp3) is 0.750. The van der Waals surface area contributed by atoms with E-state index in [2.05, 4.69) is 54.0 Å². The van der Waals surface area contributed by atoms with Crippen LogP contribution in [0.4, 0.5) is 0 Å². The van der Waals surface area contributed by atoms with Crippen LogP contribution in [-0.2, 0) is 9.47 Å². The summed E-state index contributed by atoms with van der Waals surface area (Å²) >= 11 is 0. The van der Waals surface area contributed by atoms with Crippen molar-refractivity contribution < 1.29 is 19.7 Å². The third kappa shape index (κ3) is 6.26. The Bertz CT molecular complexity index is 758. The Hall–Kier alpha value is -1.20. The smallest absolute Gasteiger partial charge is 0.158 e. The Morgan fingerprint density at radius 3 is 1.36 bits per heavy atom. The van der Waals surface area contributed by atoms with Gasteiger partial charge >= 0.3 is 0 Å². The molecule has 2 aliphatic heterocycles. The molecule has 0 spiro atoms. The number of rotatable bonds is 6. The maximum atomic E-state index is 10.3. The molecule has 4 rings (SSSR count). The van der Waals surface area contributed by atoms with Gasteiger partial charge in [0.25, 0.3) is 0 Å². The van der Waals surface area contributed by atoms with Crippen LogP contribution >= 0.6 is 0 Å². The normalized spacial score (nSPS) is 40.1. The van der Waals surface area contributed by atoms with Gasteiger partial charge in [-0.05, 0) is 76.0 Å². The van der Waals surface area contributed by atoms with Gasteiger partial charge in [0.1, 0.15) is 0 Å². The second-order valence-electron chi connectivity index (χ2n) is 12.9. The molecule has 10 atom stereocenters. The maximum Gasteiger partial charge on any atom is 0.158 e. The van der Waals surface area contributed by atoms with Crippen LogP contribution in [0.25, 0.3) is 0 Å². The molecular weight excluding hydrogens is 448 g/mol. The van der Waals surface area contributed by atoms with Gasteiger partial charge in [-0.1, -0.05) is 63.1 Å². The molecule has 0 aromatic carbocycles. The highest BCUT2D eigenvalue weighted by atomic mass is 16.6. The Balaban J connectivity index is 0.000000201. The first-order valence-corrected chi connectivity index (χ1v) is 14.1. The van der Waals surface area contributed by atoms with Crippen molar-refractivity contribution in [1.29, 1.82) is 0 Å². The summed E-state index contributed by atoms with van der Waals surface area (Å²) in [6.45, 7) is 29.4. The zero-order chi connectivity index (χ0) is 26.9. The number of aliphatic hydroxyl groups is 2. The number of fused-ring (bicyclic) bond motifs is 2. The van der Waals surface area contributed by atoms with Crippen molar-refractivity contribution >= 4 is 0 Å². The van der Waals surface area contributed by atoms with Crippen molar-refractivity contribution in [2.75, 3.05) is 0 Å². The van der Waals surface area contributed by atoms with Gasteiger partial charge < -0.3 is 19.7 Å². The number of aliphatic hydroxyl groups excluding tert-OH is 2. The molecule has 2 aliphatic carbocycles. The Morgan fingerprint density at radius 1 is 0.750 bits per heavy atom. The first-order chi connectivity index (χ1) is 16.8. The van der Waals surface area contributed by atoms with Crippen LogP contribution in [-0.4, -0.2) is 35.0 Å². The summed E-state index contributed by atoms with van der Waals surface area (Å²) < 4.78 is 11.6. The van der Waals surface area contributed by atoms with Crippen molar-refractivity contribution in [3.63, 3.8) is 0 Å². The summed E-state index contributed by atoms with van der Waals surface area (Å²) in [4.78, 5) is 0. The number of hydrogen-bond donors (Lipinski definition) is 2. The second kappa shape index (κ2) is 12.1. The van der Waals surface area contributed by atoms with Gasteiger partial charge in [0, 0.05) is 23.7 Å². The van der Waals surface area contributed by atoms with Crippen molar-refractivity contribution in [2.24, 2.45) is 47.3 Å². The van der Waals surface area contributed by atoms with Crippen LogP contribution in [0.1, 0.15) is 80.1 Å². The first-order valence-electron chi connectivity index (χ1n) is 14.1. The largest absolute Gasteiger partial charge is 0.368 e. The van der Waals surface area contributed by atoms with Gasteiger partial charge in [-0.3, -0.25) is 0 Å². The molecule has 2 heterocycles. The molecule has 0 radical (unpaired) electrons. The van der Waals surface area contributed by atoms with Crippen LogP contribution in [0.5, 0.6) is 0 Å². The summed E-state index contributed by atoms with van der Waals surface area (Å²) in [5.74, 6) is 3.37. The van der Waals surface area contributed by atoms with E-state index in [-0.39, 0.29) is 24.0 Å². The molecule has 0 unspecified atom stereocenters. The van der Waals surface area contributed by atoms with Crippen molar-refractivity contribution in [2.45, 2.75) is 105 Å². The topological polar surface area (TPSA) is 58.9 Å². The minimum absolute atomic E-state index is 0.0801. The maximum absolute atomic E-state index is 10.3. The van der Waals surface area contributed by atoms with Crippen molar-refractivity contribution in [3.8, 4) is 0 Å². The average Bonchev–Trinajstić information content (AvgIpc) is 3.26. The molecule has 4 heteroatoms. The van der Waals surface area contributed by atoms with Gasteiger partial charge in [-0.2, -0.15) is 0 Å². The van der Waals surface area contributed by atoms with E-state index in [1.807, 2.05) is 13.8 Å². The predicted octanol–water partition coefficient (Wildman–Crippen LogP) is 7.05. The summed E-state index contributed by atoms with van der Waals surface area (Å²) in [6, 6.07) is 0. The SMILES string of the molecule is C=C(C)C[C@@H]1O[C@H](O)[C@@H]2[C@H]1C(=C)CC[C@H]2C(C)C.C=C(C)C[C@H]1O[C@@H](O)[C@H]2[C@@H]1C(=C)CC[C@@H]2C(C)C. The number of hydrogen-bond acceptors (Lipinski definition) is 4. The highest BCUT2D eigenvalue weighted by molar-refractivity contribution is 5.17. The molecule has 2 N–H and O–H groups in total. The molecule has 204 valence electrons. The third-order valence-electron chi connectivity index (χ3n) is 9.26. The molecule has 2 saturated carbocycles. The lowest BCUT2D eigenvalue weighted by atomic mass is 9.65. The Morgan fingerprint density at radius 2 is 1.08 bits per heavy atom. The van der Waals surface area contributed by atoms with E-state index >= 15 is 0 Å². The van der Waals surface area contributed by atoms with Crippen LogP contribution in [0.2, 0.25) is 0 Å². The first kappa shape index (κ1) is 29.4. The van der Waals surface area contributed by atoms with E-state index in [1.54, 1.807) is 0 Å². The third-order valence-corrected chi connectivity index (χ3v) is 9.26. The molecule has 0 amide bonds. The minimum Gasteiger partial charge on any atom is -0.368 e. The highest BCUT2D eigenvalue weighted by Crippen LogP contribution is 2.51. The second-order valence-corrected chi connectivity index (χ2v) is 12.9. The van der Waals surface area contributed by atoms with Gasteiger partial charge in [0.15, 0.2) is 12.6 Å². The van der Waals surface area contributed by atoms with Crippen LogP contribution in [0.15, 0.2) is 48.6 Å². The summed E-state index contributed by atoms with van der Waals surface area (Å²) in [5, 5.41) is 20.5. The van der Waals surface area contributed by atoms with Crippen molar-refractivity contribution in [3.05, 3.63) is 48.6 Å². The lowest BCUT2D eigenvalue weighted by Gasteiger charge is -2.39. The molecule has 4 fully saturated rings. The average molecular weight is 501 g/mol. The Kier molecular flexibility index (Phi) is 9.87. The monoisotopic (exact) mass is 500 g/mol. The van der Waals surface area contributed by atoms with E-state index < -0.39 is 12.6 Å². The lowest BCUT2D eigenvalue weighted by molar-refractivity contribution is -0.119. The molecule has 4 aliphatic rings. The highest BCUT2D eigenvalue weighted by Gasteiger charge is 2.52. The van der Waals surface area contributed by atoms with E-state index in [0.29, 0.717) is 35.5 Å². The molecule has 2 saturated heterocycles. The van der Waals surface area contributed by atoms with Crippen LogP contribution in [0.3, 0.4) is 0 Å². The zero-order valence-electron chi connectivity index (χ0n) is 23.7. The summed E-state index contributed by atoms with van der Waals surface area (Å²) in [7, 11) is 0. The van der Waals surface area contributed by atoms with Crippen LogP contribution < -0.4 is 0 Å². The summed E-state index contributed by atoms with van der Waals surface area (Å²) in [6.07, 6.45) is 5.01. The fourth-order valence-corrected chi connectivity index (χ4v) is 7.60.